The number of ether oxygens (including phenoxy) is 3. The van der Waals surface area contributed by atoms with E-state index >= 15 is 0 Å². The minimum atomic E-state index is -2.15. The molecule has 0 aromatic rings. The van der Waals surface area contributed by atoms with Gasteiger partial charge in [-0.2, -0.15) is 0 Å². The lowest BCUT2D eigenvalue weighted by Crippen LogP contribution is -2.57. The van der Waals surface area contributed by atoms with Crippen molar-refractivity contribution >= 4 is 23.7 Å². The average molecular weight is 623 g/mol. The number of hydrogen-bond donors (Lipinski definition) is 3. The van der Waals surface area contributed by atoms with Gasteiger partial charge in [0.25, 0.3) is 0 Å². The molecule has 2 rings (SSSR count). The Morgan fingerprint density at radius 1 is 0.932 bits per heavy atom. The Labute approximate surface area is 262 Å². The van der Waals surface area contributed by atoms with Gasteiger partial charge in [0.1, 0.15) is 17.8 Å². The van der Waals surface area contributed by atoms with E-state index in [0.29, 0.717) is 12.8 Å². The summed E-state index contributed by atoms with van der Waals surface area (Å²) in [4.78, 5) is 53.6. The number of carbonyl (C=O) groups is 4. The Bertz CT molecular complexity index is 1110. The normalized spacial score (nSPS) is 36.3. The number of aliphatic hydroxyl groups is 3. The molecule has 2 aliphatic rings. The molecule has 0 aromatic carbocycles. The van der Waals surface area contributed by atoms with Gasteiger partial charge in [-0.1, -0.05) is 88.0 Å². The number of allylic oxidation sites excluding steroid dienone is 1. The summed E-state index contributed by atoms with van der Waals surface area (Å²) in [6.45, 7) is 20.9. The zero-order valence-corrected chi connectivity index (χ0v) is 28.0. The zero-order chi connectivity index (χ0) is 33.9. The minimum Gasteiger partial charge on any atom is -0.457 e. The fourth-order valence-corrected chi connectivity index (χ4v) is 5.75. The van der Waals surface area contributed by atoms with E-state index in [-0.39, 0.29) is 12.0 Å². The summed E-state index contributed by atoms with van der Waals surface area (Å²) in [5.41, 5.74) is -3.43. The van der Waals surface area contributed by atoms with Gasteiger partial charge in [0.15, 0.2) is 18.0 Å². The Morgan fingerprint density at radius 3 is 1.91 bits per heavy atom. The second kappa shape index (κ2) is 14.7. The van der Waals surface area contributed by atoms with Gasteiger partial charge in [-0.05, 0) is 25.2 Å². The van der Waals surface area contributed by atoms with Crippen LogP contribution >= 0.6 is 0 Å². The second-order valence-corrected chi connectivity index (χ2v) is 13.9. The van der Waals surface area contributed by atoms with E-state index in [1.165, 1.54) is 0 Å². The predicted molar refractivity (Wildman–Crippen MR) is 164 cm³/mol. The maximum Gasteiger partial charge on any atom is 0.309 e. The van der Waals surface area contributed by atoms with E-state index in [0.717, 1.165) is 0 Å². The minimum absolute atomic E-state index is 0.115. The quantitative estimate of drug-likeness (QED) is 0.206. The number of carbonyl (C=O) groups excluding carboxylic acids is 4. The summed E-state index contributed by atoms with van der Waals surface area (Å²) in [6, 6.07) is 0. The van der Waals surface area contributed by atoms with E-state index in [9.17, 15) is 34.5 Å². The molecule has 0 saturated heterocycles. The largest absolute Gasteiger partial charge is 0.457 e. The molecule has 2 unspecified atom stereocenters. The fourth-order valence-electron chi connectivity index (χ4n) is 5.75. The van der Waals surface area contributed by atoms with Crippen LogP contribution in [0.4, 0.5) is 0 Å². The molecule has 0 bridgehead atoms. The number of esters is 3. The van der Waals surface area contributed by atoms with Crippen molar-refractivity contribution < 1.29 is 48.7 Å². The van der Waals surface area contributed by atoms with E-state index in [2.05, 4.69) is 6.58 Å². The Hall–Kier alpha value is -2.56. The molecule has 250 valence electrons. The summed E-state index contributed by atoms with van der Waals surface area (Å²) in [5.74, 6) is -7.25. The third-order valence-corrected chi connectivity index (χ3v) is 9.46. The molecule has 0 amide bonds. The number of ketones is 1. The fraction of sp³-hybridized carbons (Fsp3) is 0.765. The van der Waals surface area contributed by atoms with Crippen LogP contribution in [0.25, 0.3) is 0 Å². The van der Waals surface area contributed by atoms with Crippen LogP contribution in [0, 0.1) is 40.9 Å². The number of Topliss-reactive ketones (excluding diaryl/α,β-unsaturated/α-hetero) is 1. The lowest BCUT2D eigenvalue weighted by Gasteiger charge is -2.43. The molecule has 44 heavy (non-hydrogen) atoms. The molecule has 1 saturated carbocycles. The van der Waals surface area contributed by atoms with Crippen LogP contribution in [0.3, 0.4) is 0 Å². The summed E-state index contributed by atoms with van der Waals surface area (Å²) in [7, 11) is 0. The van der Waals surface area contributed by atoms with Crippen molar-refractivity contribution in [3.63, 3.8) is 0 Å². The summed E-state index contributed by atoms with van der Waals surface area (Å²) < 4.78 is 17.8. The Kier molecular flexibility index (Phi) is 12.6. The first-order valence-corrected chi connectivity index (χ1v) is 15.9. The van der Waals surface area contributed by atoms with Crippen LogP contribution in [-0.4, -0.2) is 75.1 Å². The van der Waals surface area contributed by atoms with Crippen molar-refractivity contribution in [1.29, 1.82) is 0 Å². The third-order valence-electron chi connectivity index (χ3n) is 9.46. The highest BCUT2D eigenvalue weighted by molar-refractivity contribution is 5.91. The molecule has 0 heterocycles. The Morgan fingerprint density at radius 2 is 1.43 bits per heavy atom. The molecule has 10 nitrogen and oxygen atoms in total. The van der Waals surface area contributed by atoms with Gasteiger partial charge in [0, 0.05) is 16.9 Å². The van der Waals surface area contributed by atoms with Gasteiger partial charge in [0.2, 0.25) is 0 Å². The van der Waals surface area contributed by atoms with E-state index in [1.807, 2.05) is 0 Å². The van der Waals surface area contributed by atoms with Crippen molar-refractivity contribution in [2.75, 3.05) is 0 Å². The highest BCUT2D eigenvalue weighted by atomic mass is 16.6. The van der Waals surface area contributed by atoms with Gasteiger partial charge in [-0.25, -0.2) is 0 Å². The molecule has 3 N–H and O–H groups in total. The molecule has 1 fully saturated rings. The SMILES string of the molecule is C=C1[C@H](OC(=O)C(C)CC)[C@@H](OC(=O)C(C)C)[C@@H](O)C(C)(C)/C=C/[C@H](C)C(=O)[C@@]2(O)C[C@H](C)[C@H](O)[C@@H]2[C@H]1OC(=O)C(C)CC. The van der Waals surface area contributed by atoms with Crippen molar-refractivity contribution in [3.05, 3.63) is 24.3 Å². The van der Waals surface area contributed by atoms with Crippen LogP contribution in [0.15, 0.2) is 24.3 Å². The van der Waals surface area contributed by atoms with Gasteiger partial charge >= 0.3 is 17.9 Å². The lowest BCUT2D eigenvalue weighted by atomic mass is 9.72. The van der Waals surface area contributed by atoms with Crippen LogP contribution in [0.1, 0.15) is 88.5 Å². The molecule has 0 spiro atoms. The first kappa shape index (κ1) is 37.6. The van der Waals surface area contributed by atoms with Crippen molar-refractivity contribution in [2.24, 2.45) is 40.9 Å². The highest BCUT2D eigenvalue weighted by Gasteiger charge is 2.61. The molecule has 11 atom stereocenters. The van der Waals surface area contributed by atoms with Crippen LogP contribution in [0.2, 0.25) is 0 Å². The maximum atomic E-state index is 13.9. The van der Waals surface area contributed by atoms with Gasteiger partial charge in [-0.3, -0.25) is 19.2 Å². The monoisotopic (exact) mass is 622 g/mol. The molecule has 2 aliphatic carbocycles. The molecule has 0 aliphatic heterocycles. The van der Waals surface area contributed by atoms with Gasteiger partial charge < -0.3 is 29.5 Å². The average Bonchev–Trinajstić information content (AvgIpc) is 3.20. The van der Waals surface area contributed by atoms with Crippen LogP contribution in [-0.2, 0) is 33.4 Å². The summed E-state index contributed by atoms with van der Waals surface area (Å²) in [6.07, 6.45) is -3.59. The predicted octanol–water partition coefficient (Wildman–Crippen LogP) is 3.94. The van der Waals surface area contributed by atoms with E-state index in [4.69, 9.17) is 14.2 Å². The first-order chi connectivity index (χ1) is 20.2. The highest BCUT2D eigenvalue weighted by Crippen LogP contribution is 2.48. The molecular weight excluding hydrogens is 568 g/mol. The number of aliphatic hydroxyl groups excluding tert-OH is 2. The summed E-state index contributed by atoms with van der Waals surface area (Å²) >= 11 is 0. The van der Waals surface area contributed by atoms with Crippen LogP contribution < -0.4 is 0 Å². The van der Waals surface area contributed by atoms with Crippen LogP contribution in [0.5, 0.6) is 0 Å². The molecular formula is C34H54O10. The lowest BCUT2D eigenvalue weighted by molar-refractivity contribution is -0.188. The van der Waals surface area contributed by atoms with Gasteiger partial charge in [-0.15, -0.1) is 0 Å². The number of hydrogen-bond acceptors (Lipinski definition) is 10. The second-order valence-electron chi connectivity index (χ2n) is 13.9. The van der Waals surface area contributed by atoms with E-state index < -0.39 is 101 Å². The molecule has 0 aromatic heterocycles. The topological polar surface area (TPSA) is 157 Å². The third kappa shape index (κ3) is 7.80. The van der Waals surface area contributed by atoms with E-state index in [1.54, 1.807) is 81.4 Å². The van der Waals surface area contributed by atoms with Crippen molar-refractivity contribution in [3.8, 4) is 0 Å². The van der Waals surface area contributed by atoms with Gasteiger partial charge in [0.05, 0.1) is 29.8 Å². The smallest absolute Gasteiger partial charge is 0.309 e. The number of rotatable bonds is 8. The molecule has 0 radical (unpaired) electrons. The molecule has 10 heteroatoms. The Balaban J connectivity index is 2.97. The zero-order valence-electron chi connectivity index (χ0n) is 28.0. The first-order valence-electron chi connectivity index (χ1n) is 15.9. The number of fused-ring (bicyclic) bond motifs is 1. The summed E-state index contributed by atoms with van der Waals surface area (Å²) in [5, 5.41) is 35.4. The maximum absolute atomic E-state index is 13.9. The van der Waals surface area contributed by atoms with Crippen molar-refractivity contribution in [2.45, 2.75) is 125 Å². The standard InChI is InChI=1S/C34H54O10/c1-12-18(5)31(39)42-25-22(9)26(43-32(40)19(6)13-2)27(44-30(38)17(3)4)29(37)33(10,11)15-14-20(7)28(36)34(41)16-21(8)24(35)23(25)34/h14-15,17-21,23-27,29,35,37,41H,9,12-13,16H2,1-8,10-11H3/b15-14+/t18?,19?,20-,21-,23+,24-,25-,26-,27+,29+,34+/m0/s1. The van der Waals surface area contributed by atoms with Crippen molar-refractivity contribution in [1.82, 2.24) is 0 Å².